The van der Waals surface area contributed by atoms with Crippen molar-refractivity contribution in [3.63, 3.8) is 0 Å². The number of nitrogens with one attached hydrogen (secondary N) is 1. The number of hydrogen-bond donors (Lipinski definition) is 1. The molecule has 0 atom stereocenters. The molecule has 20 heavy (non-hydrogen) atoms. The molecule has 1 rings (SSSR count). The quantitative estimate of drug-likeness (QED) is 0.619. The molecule has 0 aliphatic rings. The second-order valence-electron chi connectivity index (χ2n) is 4.68. The van der Waals surface area contributed by atoms with Gasteiger partial charge in [-0.05, 0) is 18.1 Å². The number of hydrogen-bond acceptors (Lipinski definition) is 4. The van der Waals surface area contributed by atoms with E-state index in [1.165, 1.54) is 12.1 Å². The van der Waals surface area contributed by atoms with Gasteiger partial charge >= 0.3 is 5.97 Å². The molecule has 0 aliphatic carbocycles. The Labute approximate surface area is 117 Å². The summed E-state index contributed by atoms with van der Waals surface area (Å²) in [7, 11) is 1.11. The molecule has 112 valence electrons. The van der Waals surface area contributed by atoms with Gasteiger partial charge in [0, 0.05) is 13.2 Å². The van der Waals surface area contributed by atoms with Crippen LogP contribution in [0.5, 0.6) is 0 Å². The van der Waals surface area contributed by atoms with Crippen molar-refractivity contribution in [3.05, 3.63) is 29.3 Å². The van der Waals surface area contributed by atoms with Crippen molar-refractivity contribution >= 4 is 11.7 Å². The Hall–Kier alpha value is -1.69. The molecule has 6 heteroatoms. The summed E-state index contributed by atoms with van der Waals surface area (Å²) in [5.74, 6) is -2.81. The maximum atomic E-state index is 13.7. The van der Waals surface area contributed by atoms with E-state index in [0.717, 1.165) is 7.11 Å². The number of ether oxygens (including phenoxy) is 2. The van der Waals surface area contributed by atoms with Gasteiger partial charge in [-0.15, -0.1) is 0 Å². The molecule has 4 nitrogen and oxygen atoms in total. The molecule has 1 aromatic carbocycles. The molecule has 0 fully saturated rings. The topological polar surface area (TPSA) is 47.6 Å². The van der Waals surface area contributed by atoms with E-state index in [2.05, 4.69) is 10.1 Å². The SMILES string of the molecule is COC(=O)c1ccc(NCCOCC(C)C)c(F)c1F. The third-order valence-corrected chi connectivity index (χ3v) is 2.50. The minimum atomic E-state index is -1.22. The lowest BCUT2D eigenvalue weighted by atomic mass is 10.2. The van der Waals surface area contributed by atoms with Crippen molar-refractivity contribution in [1.29, 1.82) is 0 Å². The molecule has 1 N–H and O–H groups in total. The van der Waals surface area contributed by atoms with Crippen LogP contribution in [0, 0.1) is 17.6 Å². The number of halogens is 2. The third kappa shape index (κ3) is 4.45. The average Bonchev–Trinajstić information content (AvgIpc) is 2.42. The summed E-state index contributed by atoms with van der Waals surface area (Å²) >= 11 is 0. The van der Waals surface area contributed by atoms with Gasteiger partial charge in [-0.2, -0.15) is 0 Å². The Morgan fingerprint density at radius 3 is 2.60 bits per heavy atom. The van der Waals surface area contributed by atoms with Crippen molar-refractivity contribution in [2.24, 2.45) is 5.92 Å². The second kappa shape index (κ2) is 7.79. The Morgan fingerprint density at radius 1 is 1.30 bits per heavy atom. The Bertz CT molecular complexity index is 464. The summed E-state index contributed by atoms with van der Waals surface area (Å²) in [5, 5.41) is 2.72. The van der Waals surface area contributed by atoms with Crippen molar-refractivity contribution in [2.75, 3.05) is 32.2 Å². The lowest BCUT2D eigenvalue weighted by Gasteiger charge is -2.11. The minimum Gasteiger partial charge on any atom is -0.465 e. The number of methoxy groups -OCH3 is 1. The van der Waals surface area contributed by atoms with Gasteiger partial charge in [-0.3, -0.25) is 0 Å². The summed E-state index contributed by atoms with van der Waals surface area (Å²) in [5.41, 5.74) is -0.435. The number of rotatable bonds is 7. The first-order chi connectivity index (χ1) is 9.47. The highest BCUT2D eigenvalue weighted by molar-refractivity contribution is 5.90. The van der Waals surface area contributed by atoms with Crippen LogP contribution in [0.1, 0.15) is 24.2 Å². The number of esters is 1. The second-order valence-corrected chi connectivity index (χ2v) is 4.68. The lowest BCUT2D eigenvalue weighted by Crippen LogP contribution is -2.14. The van der Waals surface area contributed by atoms with Crippen LogP contribution in [0.15, 0.2) is 12.1 Å². The van der Waals surface area contributed by atoms with Crippen LogP contribution < -0.4 is 5.32 Å². The number of carbonyl (C=O) groups is 1. The lowest BCUT2D eigenvalue weighted by molar-refractivity contribution is 0.0594. The largest absolute Gasteiger partial charge is 0.465 e. The first kappa shape index (κ1) is 16.4. The molecule has 0 spiro atoms. The maximum absolute atomic E-state index is 13.7. The fourth-order valence-electron chi connectivity index (χ4n) is 1.53. The van der Waals surface area contributed by atoms with Gasteiger partial charge in [-0.1, -0.05) is 13.8 Å². The molecule has 0 saturated heterocycles. The van der Waals surface area contributed by atoms with E-state index in [9.17, 15) is 13.6 Å². The van der Waals surface area contributed by atoms with E-state index in [1.807, 2.05) is 13.8 Å². The van der Waals surface area contributed by atoms with Gasteiger partial charge in [0.15, 0.2) is 11.6 Å². The number of benzene rings is 1. The molecule has 0 aromatic heterocycles. The van der Waals surface area contributed by atoms with E-state index in [-0.39, 0.29) is 5.69 Å². The smallest absolute Gasteiger partial charge is 0.340 e. The van der Waals surface area contributed by atoms with Crippen molar-refractivity contribution in [1.82, 2.24) is 0 Å². The fraction of sp³-hybridized carbons (Fsp3) is 0.500. The number of carbonyl (C=O) groups excluding carboxylic acids is 1. The zero-order valence-corrected chi connectivity index (χ0v) is 11.8. The first-order valence-electron chi connectivity index (χ1n) is 6.35. The molecule has 0 amide bonds. The van der Waals surface area contributed by atoms with Crippen molar-refractivity contribution in [2.45, 2.75) is 13.8 Å². The van der Waals surface area contributed by atoms with Crippen LogP contribution in [-0.4, -0.2) is 32.8 Å². The summed E-state index contributed by atoms with van der Waals surface area (Å²) in [4.78, 5) is 11.2. The molecular formula is C14H19F2NO3. The molecule has 0 bridgehead atoms. The molecule has 1 aromatic rings. The zero-order chi connectivity index (χ0) is 15.1. The van der Waals surface area contributed by atoms with E-state index in [0.29, 0.717) is 25.7 Å². The van der Waals surface area contributed by atoms with E-state index in [4.69, 9.17) is 4.74 Å². The monoisotopic (exact) mass is 287 g/mol. The van der Waals surface area contributed by atoms with Crippen LogP contribution in [0.25, 0.3) is 0 Å². The molecule has 0 heterocycles. The maximum Gasteiger partial charge on any atom is 0.340 e. The van der Waals surface area contributed by atoms with Crippen LogP contribution in [0.3, 0.4) is 0 Å². The van der Waals surface area contributed by atoms with Crippen LogP contribution in [0.2, 0.25) is 0 Å². The highest BCUT2D eigenvalue weighted by Gasteiger charge is 2.18. The third-order valence-electron chi connectivity index (χ3n) is 2.50. The van der Waals surface area contributed by atoms with Gasteiger partial charge in [0.25, 0.3) is 0 Å². The van der Waals surface area contributed by atoms with Crippen LogP contribution >= 0.6 is 0 Å². The minimum absolute atomic E-state index is 0.0108. The van der Waals surface area contributed by atoms with Gasteiger partial charge in [0.2, 0.25) is 0 Å². The van der Waals surface area contributed by atoms with Gasteiger partial charge in [0.1, 0.15) is 0 Å². The fourth-order valence-corrected chi connectivity index (χ4v) is 1.53. The Balaban J connectivity index is 2.60. The van der Waals surface area contributed by atoms with E-state index >= 15 is 0 Å². The highest BCUT2D eigenvalue weighted by atomic mass is 19.2. The molecule has 0 saturated carbocycles. The molecule has 0 aliphatic heterocycles. The van der Waals surface area contributed by atoms with E-state index in [1.54, 1.807) is 0 Å². The summed E-state index contributed by atoms with van der Waals surface area (Å²) in [6.07, 6.45) is 0. The number of anilines is 1. The highest BCUT2D eigenvalue weighted by Crippen LogP contribution is 2.21. The standard InChI is InChI=1S/C14H19F2NO3/c1-9(2)8-20-7-6-17-11-5-4-10(14(18)19-3)12(15)13(11)16/h4-5,9,17H,6-8H2,1-3H3. The van der Waals surface area contributed by atoms with Crippen LogP contribution in [-0.2, 0) is 9.47 Å². The van der Waals surface area contributed by atoms with Gasteiger partial charge in [0.05, 0.1) is 25.0 Å². The van der Waals surface area contributed by atoms with Gasteiger partial charge < -0.3 is 14.8 Å². The van der Waals surface area contributed by atoms with Crippen LogP contribution in [0.4, 0.5) is 14.5 Å². The Morgan fingerprint density at radius 2 is 2.00 bits per heavy atom. The normalized spacial score (nSPS) is 10.7. The summed E-state index contributed by atoms with van der Waals surface area (Å²) in [6, 6.07) is 2.48. The van der Waals surface area contributed by atoms with Crippen molar-refractivity contribution in [3.8, 4) is 0 Å². The molecular weight excluding hydrogens is 268 g/mol. The van der Waals surface area contributed by atoms with Crippen molar-refractivity contribution < 1.29 is 23.0 Å². The van der Waals surface area contributed by atoms with E-state index < -0.39 is 23.2 Å². The molecule has 0 unspecified atom stereocenters. The first-order valence-corrected chi connectivity index (χ1v) is 6.35. The zero-order valence-electron chi connectivity index (χ0n) is 11.8. The predicted octanol–water partition coefficient (Wildman–Crippen LogP) is 2.84. The predicted molar refractivity (Wildman–Crippen MR) is 71.8 cm³/mol. The van der Waals surface area contributed by atoms with Gasteiger partial charge in [-0.25, -0.2) is 13.6 Å². The summed E-state index contributed by atoms with van der Waals surface area (Å²) < 4.78 is 37.0. The summed E-state index contributed by atoms with van der Waals surface area (Å²) in [6.45, 7) is 5.39. The Kier molecular flexibility index (Phi) is 6.38. The molecule has 0 radical (unpaired) electrons. The average molecular weight is 287 g/mol.